The van der Waals surface area contributed by atoms with Gasteiger partial charge < -0.3 is 31.5 Å². The van der Waals surface area contributed by atoms with Crippen molar-refractivity contribution < 1.29 is 9.84 Å². The number of nitrogens with two attached hydrogens (primary N) is 2. The second kappa shape index (κ2) is 6.35. The molecule has 3 heterocycles. The zero-order valence-corrected chi connectivity index (χ0v) is 14.6. The van der Waals surface area contributed by atoms with Crippen LogP contribution in [0.5, 0.6) is 5.88 Å². The number of nitrogens with one attached hydrogen (secondary N) is 1. The van der Waals surface area contributed by atoms with E-state index in [2.05, 4.69) is 25.2 Å². The van der Waals surface area contributed by atoms with Crippen LogP contribution in [0.25, 0.3) is 0 Å². The number of anilines is 3. The average molecular weight is 357 g/mol. The monoisotopic (exact) mass is 357 g/mol. The molecule has 1 aliphatic carbocycles. The van der Waals surface area contributed by atoms with E-state index < -0.39 is 0 Å². The van der Waals surface area contributed by atoms with Crippen molar-refractivity contribution in [1.82, 2.24) is 15.0 Å². The normalized spacial score (nSPS) is 26.5. The van der Waals surface area contributed by atoms with Crippen LogP contribution in [0.3, 0.4) is 0 Å². The minimum atomic E-state index is -0.278. The molecule has 0 aromatic carbocycles. The predicted octanol–water partition coefficient (Wildman–Crippen LogP) is -0.231. The van der Waals surface area contributed by atoms with E-state index in [1.807, 2.05) is 13.0 Å². The van der Waals surface area contributed by atoms with E-state index in [4.69, 9.17) is 21.3 Å². The number of pyridine rings is 1. The largest absolute Gasteiger partial charge is 0.475 e. The van der Waals surface area contributed by atoms with Crippen LogP contribution >= 0.6 is 0 Å². The van der Waals surface area contributed by atoms with Crippen LogP contribution in [-0.2, 0) is 0 Å². The summed E-state index contributed by atoms with van der Waals surface area (Å²) in [4.78, 5) is 15.3. The zero-order valence-electron chi connectivity index (χ0n) is 14.6. The van der Waals surface area contributed by atoms with E-state index >= 15 is 0 Å². The molecule has 0 bridgehead atoms. The third-order valence-electron chi connectivity index (χ3n) is 5.10. The molecule has 0 unspecified atom stereocenters. The fourth-order valence-electron chi connectivity index (χ4n) is 3.51. The molecule has 26 heavy (non-hydrogen) atoms. The predicted molar refractivity (Wildman–Crippen MR) is 97.5 cm³/mol. The van der Waals surface area contributed by atoms with E-state index in [0.29, 0.717) is 24.3 Å². The van der Waals surface area contributed by atoms with Gasteiger partial charge in [-0.05, 0) is 13.0 Å². The van der Waals surface area contributed by atoms with Gasteiger partial charge in [0, 0.05) is 42.9 Å². The number of aliphatic hydroxyl groups excluding tert-OH is 1. The van der Waals surface area contributed by atoms with Gasteiger partial charge in [0.05, 0.1) is 24.0 Å². The third-order valence-corrected chi connectivity index (χ3v) is 5.10. The van der Waals surface area contributed by atoms with Crippen LogP contribution in [0, 0.1) is 12.8 Å². The van der Waals surface area contributed by atoms with Gasteiger partial charge in [-0.25, -0.2) is 9.97 Å². The molecule has 138 valence electrons. The number of rotatable bonds is 6. The van der Waals surface area contributed by atoms with Crippen LogP contribution in [-0.4, -0.2) is 57.9 Å². The number of hydrogen-bond donors (Lipinski definition) is 4. The molecule has 1 saturated heterocycles. The first-order valence-electron chi connectivity index (χ1n) is 8.61. The molecule has 0 radical (unpaired) electrons. The fourth-order valence-corrected chi connectivity index (χ4v) is 3.51. The minimum absolute atomic E-state index is 0.0476. The summed E-state index contributed by atoms with van der Waals surface area (Å²) >= 11 is 0. The van der Waals surface area contributed by atoms with Crippen molar-refractivity contribution in [1.29, 1.82) is 0 Å². The summed E-state index contributed by atoms with van der Waals surface area (Å²) < 4.78 is 5.25. The Kier molecular flexibility index (Phi) is 4.14. The number of ether oxygens (including phenoxy) is 1. The molecule has 2 aliphatic rings. The Labute approximate surface area is 151 Å². The Morgan fingerprint density at radius 3 is 2.88 bits per heavy atom. The lowest BCUT2D eigenvalue weighted by molar-refractivity contribution is 0.196. The Morgan fingerprint density at radius 2 is 2.23 bits per heavy atom. The molecule has 0 spiro atoms. The van der Waals surface area contributed by atoms with Crippen LogP contribution < -0.4 is 26.4 Å². The average Bonchev–Trinajstić information content (AvgIpc) is 2.97. The highest BCUT2D eigenvalue weighted by Crippen LogP contribution is 2.47. The van der Waals surface area contributed by atoms with E-state index in [1.54, 1.807) is 18.5 Å². The minimum Gasteiger partial charge on any atom is -0.475 e. The van der Waals surface area contributed by atoms with E-state index in [-0.39, 0.29) is 24.8 Å². The molecule has 1 aliphatic heterocycles. The van der Waals surface area contributed by atoms with Gasteiger partial charge in [-0.1, -0.05) is 0 Å². The van der Waals surface area contributed by atoms with Gasteiger partial charge in [0.25, 0.3) is 0 Å². The first kappa shape index (κ1) is 17.0. The zero-order chi connectivity index (χ0) is 18.3. The fraction of sp³-hybridized carbons (Fsp3) is 0.471. The Morgan fingerprint density at radius 1 is 1.38 bits per heavy atom. The van der Waals surface area contributed by atoms with Gasteiger partial charge in [-0.2, -0.15) is 4.98 Å². The van der Waals surface area contributed by atoms with Gasteiger partial charge in [-0.3, -0.25) is 0 Å². The quantitative estimate of drug-likeness (QED) is 0.552. The molecule has 0 amide bonds. The van der Waals surface area contributed by atoms with Crippen molar-refractivity contribution in [2.24, 2.45) is 17.4 Å². The summed E-state index contributed by atoms with van der Waals surface area (Å²) in [6.07, 6.45) is 3.43. The molecule has 2 fully saturated rings. The molecule has 6 N–H and O–H groups in total. The van der Waals surface area contributed by atoms with Gasteiger partial charge >= 0.3 is 0 Å². The number of piperidine rings is 1. The molecule has 1 saturated carbocycles. The maximum Gasteiger partial charge on any atom is 0.229 e. The highest BCUT2D eigenvalue weighted by molar-refractivity contribution is 5.58. The van der Waals surface area contributed by atoms with E-state index in [9.17, 15) is 0 Å². The van der Waals surface area contributed by atoms with E-state index in [1.165, 1.54) is 0 Å². The Hall–Kier alpha value is -2.49. The number of aryl methyl sites for hydroxylation is 1. The summed E-state index contributed by atoms with van der Waals surface area (Å²) in [6, 6.07) is 3.64. The van der Waals surface area contributed by atoms with Crippen LogP contribution in [0.1, 0.15) is 5.56 Å². The maximum absolute atomic E-state index is 8.76. The number of aliphatic hydroxyl groups is 1. The van der Waals surface area contributed by atoms with Gasteiger partial charge in [-0.15, -0.1) is 0 Å². The first-order chi connectivity index (χ1) is 12.5. The summed E-state index contributed by atoms with van der Waals surface area (Å²) in [6.45, 7) is 3.70. The first-order valence-corrected chi connectivity index (χ1v) is 8.61. The Balaban J connectivity index is 1.46. The maximum atomic E-state index is 8.76. The molecule has 2 aromatic heterocycles. The molecule has 2 aromatic rings. The number of aromatic nitrogens is 3. The summed E-state index contributed by atoms with van der Waals surface area (Å²) in [5.74, 6) is 2.16. The number of fused-ring (bicyclic) bond motifs is 1. The third kappa shape index (κ3) is 2.94. The summed E-state index contributed by atoms with van der Waals surface area (Å²) in [5.41, 5.74) is 13.8. The Bertz CT molecular complexity index is 800. The summed E-state index contributed by atoms with van der Waals surface area (Å²) in [5, 5.41) is 11.9. The van der Waals surface area contributed by atoms with Gasteiger partial charge in [0.15, 0.2) is 0 Å². The SMILES string of the molecule is Cc1cnc(Nc2ccc(OCCO)nc2)nc1N1C[C@H]2[C@@H](N)[C@@]2(N)C1. The van der Waals surface area contributed by atoms with Crippen LogP contribution in [0.4, 0.5) is 17.5 Å². The highest BCUT2D eigenvalue weighted by atomic mass is 16.5. The van der Waals surface area contributed by atoms with Crippen molar-refractivity contribution in [3.63, 3.8) is 0 Å². The van der Waals surface area contributed by atoms with Crippen LogP contribution in [0.15, 0.2) is 24.5 Å². The number of hydrogen-bond acceptors (Lipinski definition) is 9. The van der Waals surface area contributed by atoms with Gasteiger partial charge in [0.2, 0.25) is 11.8 Å². The molecular formula is C17H23N7O2. The van der Waals surface area contributed by atoms with Crippen molar-refractivity contribution in [3.8, 4) is 5.88 Å². The summed E-state index contributed by atoms with van der Waals surface area (Å²) in [7, 11) is 0. The molecule has 4 rings (SSSR count). The van der Waals surface area contributed by atoms with Crippen molar-refractivity contribution in [2.75, 3.05) is 36.5 Å². The molecule has 9 nitrogen and oxygen atoms in total. The van der Waals surface area contributed by atoms with Crippen LogP contribution in [0.2, 0.25) is 0 Å². The number of nitrogens with zero attached hydrogens (tertiary/aromatic N) is 4. The van der Waals surface area contributed by atoms with Crippen molar-refractivity contribution in [3.05, 3.63) is 30.1 Å². The van der Waals surface area contributed by atoms with Gasteiger partial charge in [0.1, 0.15) is 12.4 Å². The molecule has 9 heteroatoms. The standard InChI is InChI=1S/C17H23N7O2/c1-10-6-21-16(22-11-2-3-13(20-7-11)26-5-4-25)23-15(10)24-8-12-14(18)17(12,19)9-24/h2-3,6-7,12,14,25H,4-5,8-9,18-19H2,1H3,(H,21,22,23)/t12-,14+,17+/m0/s1. The van der Waals surface area contributed by atoms with E-state index in [0.717, 1.165) is 23.6 Å². The second-order valence-corrected chi connectivity index (χ2v) is 6.91. The smallest absolute Gasteiger partial charge is 0.229 e. The highest BCUT2D eigenvalue weighted by Gasteiger charge is 2.65. The molecular weight excluding hydrogens is 334 g/mol. The molecule has 3 atom stereocenters. The second-order valence-electron chi connectivity index (χ2n) is 6.91. The van der Waals surface area contributed by atoms with Crippen molar-refractivity contribution in [2.45, 2.75) is 18.5 Å². The lowest BCUT2D eigenvalue weighted by atomic mass is 10.2. The van der Waals surface area contributed by atoms with Crippen molar-refractivity contribution >= 4 is 17.5 Å². The lowest BCUT2D eigenvalue weighted by Crippen LogP contribution is -2.41. The lowest BCUT2D eigenvalue weighted by Gasteiger charge is -2.24. The topological polar surface area (TPSA) is 135 Å².